The van der Waals surface area contributed by atoms with Crippen LogP contribution in [0.4, 0.5) is 0 Å². The topological polar surface area (TPSA) is 81.8 Å². The van der Waals surface area contributed by atoms with Gasteiger partial charge in [0.1, 0.15) is 0 Å². The van der Waals surface area contributed by atoms with Gasteiger partial charge < -0.3 is 5.32 Å². The minimum Gasteiger partial charge on any atom is -0.353 e. The highest BCUT2D eigenvalue weighted by molar-refractivity contribution is 6.05. The maximum absolute atomic E-state index is 11.7. The van der Waals surface area contributed by atoms with Crippen LogP contribution in [0.25, 0.3) is 0 Å². The molecule has 112 valence electrons. The van der Waals surface area contributed by atoms with Crippen molar-refractivity contribution in [2.24, 2.45) is 0 Å². The first-order chi connectivity index (χ1) is 9.45. The standard InChI is InChI=1S/C13H22N4O3/c1-9(2)14-12(19)8-16-3-5-17(6-4-16)10-7-11(18)15-13(10)20/h9-10H,3-8H2,1-2H3,(H,14,19)(H,15,18,20)/t10-/m1/s1. The van der Waals surface area contributed by atoms with E-state index >= 15 is 0 Å². The number of carbonyl (C=O) groups excluding carboxylic acids is 3. The summed E-state index contributed by atoms with van der Waals surface area (Å²) in [5.74, 6) is -0.359. The highest BCUT2D eigenvalue weighted by atomic mass is 16.2. The number of nitrogens with one attached hydrogen (secondary N) is 2. The van der Waals surface area contributed by atoms with Crippen LogP contribution in [-0.2, 0) is 14.4 Å². The van der Waals surface area contributed by atoms with Crippen molar-refractivity contribution in [3.8, 4) is 0 Å². The van der Waals surface area contributed by atoms with Crippen molar-refractivity contribution in [3.05, 3.63) is 0 Å². The fourth-order valence-corrected chi connectivity index (χ4v) is 2.64. The predicted octanol–water partition coefficient (Wildman–Crippen LogP) is -1.46. The van der Waals surface area contributed by atoms with E-state index in [0.717, 1.165) is 13.1 Å². The van der Waals surface area contributed by atoms with Crippen LogP contribution in [0.5, 0.6) is 0 Å². The second-order valence-electron chi connectivity index (χ2n) is 5.67. The molecule has 20 heavy (non-hydrogen) atoms. The highest BCUT2D eigenvalue weighted by Gasteiger charge is 2.36. The molecule has 7 nitrogen and oxygen atoms in total. The summed E-state index contributed by atoms with van der Waals surface area (Å²) in [5.41, 5.74) is 0. The van der Waals surface area contributed by atoms with Gasteiger partial charge in [0, 0.05) is 32.2 Å². The number of hydrogen-bond acceptors (Lipinski definition) is 5. The fraction of sp³-hybridized carbons (Fsp3) is 0.769. The summed E-state index contributed by atoms with van der Waals surface area (Å²) in [6.45, 7) is 7.16. The Hall–Kier alpha value is -1.47. The van der Waals surface area contributed by atoms with E-state index in [2.05, 4.69) is 15.5 Å². The molecule has 3 amide bonds. The summed E-state index contributed by atoms with van der Waals surface area (Å²) in [7, 11) is 0. The van der Waals surface area contributed by atoms with Gasteiger partial charge in [-0.1, -0.05) is 0 Å². The minimum absolute atomic E-state index is 0.0298. The summed E-state index contributed by atoms with van der Waals surface area (Å²) < 4.78 is 0. The number of piperazine rings is 1. The van der Waals surface area contributed by atoms with Gasteiger partial charge >= 0.3 is 0 Å². The lowest BCUT2D eigenvalue weighted by Crippen LogP contribution is -2.54. The number of rotatable bonds is 4. The molecule has 2 rings (SSSR count). The third kappa shape index (κ3) is 3.77. The van der Waals surface area contributed by atoms with Crippen molar-refractivity contribution in [2.75, 3.05) is 32.7 Å². The van der Waals surface area contributed by atoms with Crippen LogP contribution >= 0.6 is 0 Å². The van der Waals surface area contributed by atoms with Gasteiger partial charge in [-0.3, -0.25) is 29.5 Å². The van der Waals surface area contributed by atoms with E-state index in [1.165, 1.54) is 0 Å². The van der Waals surface area contributed by atoms with Crippen molar-refractivity contribution in [1.29, 1.82) is 0 Å². The Bertz CT molecular complexity index is 402. The Morgan fingerprint density at radius 1 is 1.30 bits per heavy atom. The molecule has 0 aromatic heterocycles. The Labute approximate surface area is 118 Å². The molecule has 1 atom stereocenters. The second-order valence-corrected chi connectivity index (χ2v) is 5.67. The first-order valence-electron chi connectivity index (χ1n) is 7.05. The van der Waals surface area contributed by atoms with Gasteiger partial charge in [0.25, 0.3) is 0 Å². The molecule has 2 N–H and O–H groups in total. The molecule has 0 spiro atoms. The Balaban J connectivity index is 1.76. The van der Waals surface area contributed by atoms with Gasteiger partial charge in [0.05, 0.1) is 19.0 Å². The third-order valence-electron chi connectivity index (χ3n) is 3.61. The summed E-state index contributed by atoms with van der Waals surface area (Å²) in [6.07, 6.45) is 0.257. The molecule has 0 aromatic carbocycles. The van der Waals surface area contributed by atoms with Crippen molar-refractivity contribution in [2.45, 2.75) is 32.4 Å². The molecule has 7 heteroatoms. The highest BCUT2D eigenvalue weighted by Crippen LogP contribution is 2.13. The number of amides is 3. The molecule has 0 bridgehead atoms. The maximum Gasteiger partial charge on any atom is 0.244 e. The average molecular weight is 282 g/mol. The van der Waals surface area contributed by atoms with Crippen LogP contribution in [0, 0.1) is 0 Å². The molecule has 2 aliphatic heterocycles. The monoisotopic (exact) mass is 282 g/mol. The number of nitrogens with zero attached hydrogens (tertiary/aromatic N) is 2. The van der Waals surface area contributed by atoms with Crippen LogP contribution in [0.3, 0.4) is 0 Å². The largest absolute Gasteiger partial charge is 0.353 e. The van der Waals surface area contributed by atoms with E-state index in [0.29, 0.717) is 19.6 Å². The lowest BCUT2D eigenvalue weighted by Gasteiger charge is -2.36. The smallest absolute Gasteiger partial charge is 0.244 e. The molecule has 0 aliphatic carbocycles. The van der Waals surface area contributed by atoms with Crippen LogP contribution < -0.4 is 10.6 Å². The normalized spacial score (nSPS) is 25.1. The zero-order valence-electron chi connectivity index (χ0n) is 12.0. The van der Waals surface area contributed by atoms with Gasteiger partial charge in [0.15, 0.2) is 0 Å². The fourth-order valence-electron chi connectivity index (χ4n) is 2.64. The van der Waals surface area contributed by atoms with Crippen molar-refractivity contribution < 1.29 is 14.4 Å². The Morgan fingerprint density at radius 2 is 1.95 bits per heavy atom. The number of hydrogen-bond donors (Lipinski definition) is 2. The molecule has 0 aromatic rings. The zero-order chi connectivity index (χ0) is 14.7. The zero-order valence-corrected chi connectivity index (χ0v) is 12.0. The number of imide groups is 1. The van der Waals surface area contributed by atoms with Gasteiger partial charge in [-0.05, 0) is 13.8 Å². The van der Waals surface area contributed by atoms with Crippen LogP contribution in [0.2, 0.25) is 0 Å². The maximum atomic E-state index is 11.7. The first-order valence-corrected chi connectivity index (χ1v) is 7.05. The van der Waals surface area contributed by atoms with Crippen LogP contribution in [0.15, 0.2) is 0 Å². The van der Waals surface area contributed by atoms with Gasteiger partial charge in [-0.2, -0.15) is 0 Å². The van der Waals surface area contributed by atoms with Crippen LogP contribution in [0.1, 0.15) is 20.3 Å². The molecule has 0 radical (unpaired) electrons. The van der Waals surface area contributed by atoms with Gasteiger partial charge in [-0.25, -0.2) is 0 Å². The van der Waals surface area contributed by atoms with Crippen molar-refractivity contribution >= 4 is 17.7 Å². The van der Waals surface area contributed by atoms with E-state index in [-0.39, 0.29) is 36.2 Å². The van der Waals surface area contributed by atoms with Crippen molar-refractivity contribution in [1.82, 2.24) is 20.4 Å². The van der Waals surface area contributed by atoms with Crippen molar-refractivity contribution in [3.63, 3.8) is 0 Å². The summed E-state index contributed by atoms with van der Waals surface area (Å²) >= 11 is 0. The first kappa shape index (κ1) is 14.9. The summed E-state index contributed by atoms with van der Waals surface area (Å²) in [6, 6.07) is -0.175. The summed E-state index contributed by atoms with van der Waals surface area (Å²) in [5, 5.41) is 5.20. The second kappa shape index (κ2) is 6.32. The molecule has 0 saturated carbocycles. The molecule has 2 saturated heterocycles. The molecule has 2 aliphatic rings. The average Bonchev–Trinajstić information content (AvgIpc) is 2.68. The lowest BCUT2D eigenvalue weighted by molar-refractivity contribution is -0.127. The Morgan fingerprint density at radius 3 is 2.45 bits per heavy atom. The van der Waals surface area contributed by atoms with Crippen LogP contribution in [-0.4, -0.2) is 72.3 Å². The van der Waals surface area contributed by atoms with Gasteiger partial charge in [0.2, 0.25) is 17.7 Å². The lowest BCUT2D eigenvalue weighted by atomic mass is 10.1. The van der Waals surface area contributed by atoms with E-state index in [1.54, 1.807) is 0 Å². The third-order valence-corrected chi connectivity index (χ3v) is 3.61. The SMILES string of the molecule is CC(C)NC(=O)CN1CCN([C@@H]2CC(=O)NC2=O)CC1. The predicted molar refractivity (Wildman–Crippen MR) is 72.8 cm³/mol. The molecule has 0 unspecified atom stereocenters. The molecule has 2 heterocycles. The van der Waals surface area contributed by atoms with E-state index < -0.39 is 0 Å². The molecular weight excluding hydrogens is 260 g/mol. The number of carbonyl (C=O) groups is 3. The summed E-state index contributed by atoms with van der Waals surface area (Å²) in [4.78, 5) is 38.6. The molecule has 2 fully saturated rings. The quantitative estimate of drug-likeness (QED) is 0.616. The van der Waals surface area contributed by atoms with Gasteiger partial charge in [-0.15, -0.1) is 0 Å². The van der Waals surface area contributed by atoms with E-state index in [1.807, 2.05) is 18.7 Å². The van der Waals surface area contributed by atoms with E-state index in [9.17, 15) is 14.4 Å². The Kier molecular flexibility index (Phi) is 4.72. The minimum atomic E-state index is -0.325. The van der Waals surface area contributed by atoms with E-state index in [4.69, 9.17) is 0 Å². The molecular formula is C13H22N4O3.